The number of carbonyl (C=O) groups is 1. The SMILES string of the molecule is COCCCNC(=O)c1cn2ccnc(-c3ccccc3)c2n1. The first kappa shape index (κ1) is 15.2. The minimum absolute atomic E-state index is 0.191. The molecule has 0 saturated carbocycles. The van der Waals surface area contributed by atoms with Crippen LogP contribution >= 0.6 is 0 Å². The molecule has 0 spiro atoms. The van der Waals surface area contributed by atoms with Crippen molar-refractivity contribution in [3.05, 3.63) is 54.6 Å². The zero-order chi connectivity index (χ0) is 16.1. The fraction of sp³-hybridized carbons (Fsp3) is 0.235. The number of amides is 1. The van der Waals surface area contributed by atoms with Gasteiger partial charge in [-0.3, -0.25) is 9.78 Å². The number of carbonyl (C=O) groups excluding carboxylic acids is 1. The zero-order valence-electron chi connectivity index (χ0n) is 12.9. The van der Waals surface area contributed by atoms with Gasteiger partial charge in [0.1, 0.15) is 11.4 Å². The predicted molar refractivity (Wildman–Crippen MR) is 87.2 cm³/mol. The number of benzene rings is 1. The molecule has 0 aliphatic rings. The average Bonchev–Trinajstić information content (AvgIpc) is 3.03. The quantitative estimate of drug-likeness (QED) is 0.708. The van der Waals surface area contributed by atoms with Gasteiger partial charge in [-0.1, -0.05) is 30.3 Å². The Morgan fingerprint density at radius 3 is 2.91 bits per heavy atom. The minimum Gasteiger partial charge on any atom is -0.385 e. The summed E-state index contributed by atoms with van der Waals surface area (Å²) < 4.78 is 6.78. The van der Waals surface area contributed by atoms with E-state index in [0.717, 1.165) is 17.7 Å². The molecule has 0 atom stereocenters. The van der Waals surface area contributed by atoms with Crippen LogP contribution in [-0.2, 0) is 4.74 Å². The number of aromatic nitrogens is 3. The largest absolute Gasteiger partial charge is 0.385 e. The molecule has 0 radical (unpaired) electrons. The van der Waals surface area contributed by atoms with Crippen LogP contribution in [0.1, 0.15) is 16.9 Å². The Morgan fingerprint density at radius 2 is 2.13 bits per heavy atom. The average molecular weight is 310 g/mol. The van der Waals surface area contributed by atoms with Crippen molar-refractivity contribution in [2.45, 2.75) is 6.42 Å². The normalized spacial score (nSPS) is 10.8. The van der Waals surface area contributed by atoms with Gasteiger partial charge in [0.2, 0.25) is 0 Å². The Labute approximate surface area is 134 Å². The first-order valence-corrected chi connectivity index (χ1v) is 7.46. The number of imidazole rings is 1. The molecule has 1 amide bonds. The predicted octanol–water partition coefficient (Wildman–Crippen LogP) is 2.16. The molecule has 3 aromatic rings. The molecule has 0 bridgehead atoms. The van der Waals surface area contributed by atoms with Crippen molar-refractivity contribution in [1.29, 1.82) is 0 Å². The number of hydrogen-bond acceptors (Lipinski definition) is 4. The lowest BCUT2D eigenvalue weighted by molar-refractivity contribution is 0.0944. The van der Waals surface area contributed by atoms with E-state index in [1.165, 1.54) is 0 Å². The smallest absolute Gasteiger partial charge is 0.271 e. The van der Waals surface area contributed by atoms with E-state index in [4.69, 9.17) is 4.74 Å². The number of methoxy groups -OCH3 is 1. The van der Waals surface area contributed by atoms with E-state index in [-0.39, 0.29) is 5.91 Å². The van der Waals surface area contributed by atoms with Crippen LogP contribution < -0.4 is 5.32 Å². The monoisotopic (exact) mass is 310 g/mol. The number of nitrogens with one attached hydrogen (secondary N) is 1. The summed E-state index contributed by atoms with van der Waals surface area (Å²) >= 11 is 0. The first-order chi connectivity index (χ1) is 11.3. The van der Waals surface area contributed by atoms with Gasteiger partial charge in [-0.15, -0.1) is 0 Å². The van der Waals surface area contributed by atoms with E-state index < -0.39 is 0 Å². The highest BCUT2D eigenvalue weighted by atomic mass is 16.5. The van der Waals surface area contributed by atoms with Crippen molar-refractivity contribution < 1.29 is 9.53 Å². The molecular formula is C17H18N4O2. The van der Waals surface area contributed by atoms with Gasteiger partial charge in [0, 0.05) is 44.4 Å². The van der Waals surface area contributed by atoms with Gasteiger partial charge >= 0.3 is 0 Å². The van der Waals surface area contributed by atoms with Gasteiger partial charge in [-0.2, -0.15) is 0 Å². The Balaban J connectivity index is 1.86. The van der Waals surface area contributed by atoms with Crippen LogP contribution in [0.25, 0.3) is 16.9 Å². The van der Waals surface area contributed by atoms with Crippen molar-refractivity contribution >= 4 is 11.6 Å². The summed E-state index contributed by atoms with van der Waals surface area (Å²) in [5, 5.41) is 2.84. The lowest BCUT2D eigenvalue weighted by Gasteiger charge is -2.02. The van der Waals surface area contributed by atoms with Crippen LogP contribution in [0.4, 0.5) is 0 Å². The number of nitrogens with zero attached hydrogens (tertiary/aromatic N) is 3. The summed E-state index contributed by atoms with van der Waals surface area (Å²) in [5.74, 6) is -0.191. The van der Waals surface area contributed by atoms with Gasteiger partial charge in [0.05, 0.1) is 0 Å². The van der Waals surface area contributed by atoms with Crippen LogP contribution in [0, 0.1) is 0 Å². The van der Waals surface area contributed by atoms with Crippen molar-refractivity contribution in [3.8, 4) is 11.3 Å². The van der Waals surface area contributed by atoms with Gasteiger partial charge in [-0.25, -0.2) is 4.98 Å². The summed E-state index contributed by atoms with van der Waals surface area (Å²) in [6.07, 6.45) is 5.98. The highest BCUT2D eigenvalue weighted by Crippen LogP contribution is 2.21. The van der Waals surface area contributed by atoms with E-state index in [0.29, 0.717) is 24.5 Å². The summed E-state index contributed by atoms with van der Waals surface area (Å²) in [6.45, 7) is 1.18. The molecule has 118 valence electrons. The number of fused-ring (bicyclic) bond motifs is 1. The number of rotatable bonds is 6. The molecule has 23 heavy (non-hydrogen) atoms. The fourth-order valence-electron chi connectivity index (χ4n) is 2.34. The molecule has 1 aromatic carbocycles. The second kappa shape index (κ2) is 7.02. The molecule has 2 aromatic heterocycles. The Hall–Kier alpha value is -2.73. The molecule has 0 saturated heterocycles. The summed E-state index contributed by atoms with van der Waals surface area (Å²) in [7, 11) is 1.64. The molecule has 3 rings (SSSR count). The van der Waals surface area contributed by atoms with Crippen molar-refractivity contribution in [1.82, 2.24) is 19.7 Å². The van der Waals surface area contributed by atoms with Crippen LogP contribution in [0.3, 0.4) is 0 Å². The highest BCUT2D eigenvalue weighted by Gasteiger charge is 2.13. The molecule has 0 aliphatic carbocycles. The first-order valence-electron chi connectivity index (χ1n) is 7.46. The van der Waals surface area contributed by atoms with Gasteiger partial charge in [0.15, 0.2) is 5.65 Å². The van der Waals surface area contributed by atoms with Gasteiger partial charge < -0.3 is 14.5 Å². The second-order valence-corrected chi connectivity index (χ2v) is 5.10. The molecule has 0 unspecified atom stereocenters. The highest BCUT2D eigenvalue weighted by molar-refractivity contribution is 5.93. The topological polar surface area (TPSA) is 68.5 Å². The van der Waals surface area contributed by atoms with Crippen molar-refractivity contribution in [2.75, 3.05) is 20.3 Å². The lowest BCUT2D eigenvalue weighted by Crippen LogP contribution is -2.25. The van der Waals surface area contributed by atoms with Gasteiger partial charge in [-0.05, 0) is 6.42 Å². The van der Waals surface area contributed by atoms with Crippen LogP contribution in [0.15, 0.2) is 48.9 Å². The maximum absolute atomic E-state index is 12.2. The second-order valence-electron chi connectivity index (χ2n) is 5.10. The molecule has 0 fully saturated rings. The zero-order valence-corrected chi connectivity index (χ0v) is 12.9. The van der Waals surface area contributed by atoms with E-state index in [1.807, 2.05) is 34.7 Å². The standard InChI is InChI=1S/C17H18N4O2/c1-23-11-5-8-19-17(22)14-12-21-10-9-18-15(16(21)20-14)13-6-3-2-4-7-13/h2-4,6-7,9-10,12H,5,8,11H2,1H3,(H,19,22). The molecule has 6 nitrogen and oxygen atoms in total. The maximum Gasteiger partial charge on any atom is 0.271 e. The molecule has 6 heteroatoms. The molecule has 2 heterocycles. The van der Waals surface area contributed by atoms with Crippen LogP contribution in [-0.4, -0.2) is 40.5 Å². The number of ether oxygens (including phenoxy) is 1. The summed E-state index contributed by atoms with van der Waals surface area (Å²) in [4.78, 5) is 21.0. The van der Waals surface area contributed by atoms with Crippen molar-refractivity contribution in [3.63, 3.8) is 0 Å². The third-order valence-corrected chi connectivity index (χ3v) is 3.47. The minimum atomic E-state index is -0.191. The van der Waals surface area contributed by atoms with Gasteiger partial charge in [0.25, 0.3) is 5.91 Å². The van der Waals surface area contributed by atoms with E-state index in [1.54, 1.807) is 25.7 Å². The summed E-state index contributed by atoms with van der Waals surface area (Å²) in [6, 6.07) is 9.80. The third-order valence-electron chi connectivity index (χ3n) is 3.47. The Morgan fingerprint density at radius 1 is 1.30 bits per heavy atom. The van der Waals surface area contributed by atoms with Crippen molar-refractivity contribution in [2.24, 2.45) is 0 Å². The number of hydrogen-bond donors (Lipinski definition) is 1. The van der Waals surface area contributed by atoms with Crippen LogP contribution in [0.2, 0.25) is 0 Å². The van der Waals surface area contributed by atoms with Crippen LogP contribution in [0.5, 0.6) is 0 Å². The lowest BCUT2D eigenvalue weighted by atomic mass is 10.1. The Bertz CT molecular complexity index is 799. The summed E-state index contributed by atoms with van der Waals surface area (Å²) in [5.41, 5.74) is 2.77. The molecule has 0 aliphatic heterocycles. The maximum atomic E-state index is 12.2. The fourth-order valence-corrected chi connectivity index (χ4v) is 2.34. The molecule has 1 N–H and O–H groups in total. The van der Waals surface area contributed by atoms with E-state index in [9.17, 15) is 4.79 Å². The molecular weight excluding hydrogens is 292 g/mol. The Kier molecular flexibility index (Phi) is 4.63. The third kappa shape index (κ3) is 3.37. The van der Waals surface area contributed by atoms with E-state index in [2.05, 4.69) is 15.3 Å². The van der Waals surface area contributed by atoms with E-state index >= 15 is 0 Å².